The van der Waals surface area contributed by atoms with Crippen LogP contribution in [0.4, 0.5) is 0 Å². The lowest BCUT2D eigenvalue weighted by atomic mass is 9.85. The number of rotatable bonds is 2. The van der Waals surface area contributed by atoms with E-state index in [1.54, 1.807) is 6.08 Å². The SMILES string of the molecule is CC1=CC(=O)N(C)C(Cc2ccc(C)cc2Br)C1C. The van der Waals surface area contributed by atoms with E-state index in [1.165, 1.54) is 16.7 Å². The molecular weight excluding hydrogens is 302 g/mol. The van der Waals surface area contributed by atoms with Crippen molar-refractivity contribution < 1.29 is 4.79 Å². The van der Waals surface area contributed by atoms with Crippen LogP contribution in [0.15, 0.2) is 34.3 Å². The van der Waals surface area contributed by atoms with E-state index < -0.39 is 0 Å². The first-order valence-corrected chi connectivity index (χ1v) is 7.39. The van der Waals surface area contributed by atoms with Crippen LogP contribution in [-0.2, 0) is 11.2 Å². The minimum Gasteiger partial charge on any atom is -0.338 e. The number of hydrogen-bond acceptors (Lipinski definition) is 1. The lowest BCUT2D eigenvalue weighted by Crippen LogP contribution is -2.45. The van der Waals surface area contributed by atoms with Crippen molar-refractivity contribution in [2.75, 3.05) is 7.05 Å². The fourth-order valence-corrected chi connectivity index (χ4v) is 3.24. The topological polar surface area (TPSA) is 20.3 Å². The van der Waals surface area contributed by atoms with Crippen LogP contribution in [0.5, 0.6) is 0 Å². The Kier molecular flexibility index (Phi) is 4.14. The van der Waals surface area contributed by atoms with Gasteiger partial charge in [-0.05, 0) is 43.4 Å². The van der Waals surface area contributed by atoms with Gasteiger partial charge in [-0.2, -0.15) is 0 Å². The summed E-state index contributed by atoms with van der Waals surface area (Å²) in [6.45, 7) is 6.33. The van der Waals surface area contributed by atoms with Crippen molar-refractivity contribution in [3.8, 4) is 0 Å². The van der Waals surface area contributed by atoms with Gasteiger partial charge in [0.15, 0.2) is 0 Å². The summed E-state index contributed by atoms with van der Waals surface area (Å²) in [6, 6.07) is 6.64. The zero-order valence-electron chi connectivity index (χ0n) is 11.9. The summed E-state index contributed by atoms with van der Waals surface area (Å²) < 4.78 is 1.13. The van der Waals surface area contributed by atoms with Gasteiger partial charge in [0.25, 0.3) is 0 Å². The highest BCUT2D eigenvalue weighted by Crippen LogP contribution is 2.29. The molecule has 1 aromatic carbocycles. The predicted octanol–water partition coefficient (Wildman–Crippen LogP) is 3.72. The Morgan fingerprint density at radius 2 is 2.00 bits per heavy atom. The lowest BCUT2D eigenvalue weighted by Gasteiger charge is -2.37. The second kappa shape index (κ2) is 5.49. The van der Waals surface area contributed by atoms with E-state index in [0.717, 1.165) is 10.9 Å². The average Bonchev–Trinajstić information content (AvgIpc) is 2.34. The number of amides is 1. The Labute approximate surface area is 123 Å². The fourth-order valence-electron chi connectivity index (χ4n) is 2.59. The molecule has 0 saturated carbocycles. The zero-order valence-corrected chi connectivity index (χ0v) is 13.5. The van der Waals surface area contributed by atoms with Crippen molar-refractivity contribution in [3.05, 3.63) is 45.4 Å². The normalized spacial score (nSPS) is 23.5. The Morgan fingerprint density at radius 3 is 2.63 bits per heavy atom. The predicted molar refractivity (Wildman–Crippen MR) is 82.1 cm³/mol. The summed E-state index contributed by atoms with van der Waals surface area (Å²) >= 11 is 3.63. The van der Waals surface area contributed by atoms with E-state index in [1.807, 2.05) is 18.9 Å². The smallest absolute Gasteiger partial charge is 0.246 e. The van der Waals surface area contributed by atoms with Gasteiger partial charge in [-0.1, -0.05) is 40.6 Å². The molecule has 1 heterocycles. The molecule has 3 heteroatoms. The van der Waals surface area contributed by atoms with Gasteiger partial charge in [0.2, 0.25) is 5.91 Å². The quantitative estimate of drug-likeness (QED) is 0.812. The summed E-state index contributed by atoms with van der Waals surface area (Å²) in [5.74, 6) is 0.514. The van der Waals surface area contributed by atoms with Gasteiger partial charge in [-0.15, -0.1) is 0 Å². The molecule has 2 atom stereocenters. The molecule has 0 spiro atoms. The summed E-state index contributed by atoms with van der Waals surface area (Å²) in [7, 11) is 1.90. The monoisotopic (exact) mass is 321 g/mol. The highest BCUT2D eigenvalue weighted by atomic mass is 79.9. The molecule has 0 aliphatic carbocycles. The average molecular weight is 322 g/mol. The third-order valence-electron chi connectivity index (χ3n) is 4.13. The summed E-state index contributed by atoms with van der Waals surface area (Å²) in [5.41, 5.74) is 3.68. The van der Waals surface area contributed by atoms with Gasteiger partial charge >= 0.3 is 0 Å². The van der Waals surface area contributed by atoms with Gasteiger partial charge in [0, 0.05) is 23.6 Å². The molecule has 2 nitrogen and oxygen atoms in total. The second-order valence-electron chi connectivity index (χ2n) is 5.49. The molecule has 0 radical (unpaired) electrons. The van der Waals surface area contributed by atoms with Crippen LogP contribution in [0.25, 0.3) is 0 Å². The first-order chi connectivity index (χ1) is 8.90. The number of hydrogen-bond donors (Lipinski definition) is 0. The molecule has 0 bridgehead atoms. The van der Waals surface area contributed by atoms with Crippen molar-refractivity contribution in [2.45, 2.75) is 33.2 Å². The summed E-state index contributed by atoms with van der Waals surface area (Å²) in [6.07, 6.45) is 2.64. The Morgan fingerprint density at radius 1 is 1.32 bits per heavy atom. The Bertz CT molecular complexity index is 536. The van der Waals surface area contributed by atoms with Crippen LogP contribution in [-0.4, -0.2) is 23.9 Å². The van der Waals surface area contributed by atoms with Crippen LogP contribution >= 0.6 is 15.9 Å². The second-order valence-corrected chi connectivity index (χ2v) is 6.35. The van der Waals surface area contributed by atoms with Crippen LogP contribution in [0.3, 0.4) is 0 Å². The molecule has 2 unspecified atom stereocenters. The van der Waals surface area contributed by atoms with Crippen LogP contribution < -0.4 is 0 Å². The minimum atomic E-state index is 0.115. The van der Waals surface area contributed by atoms with Crippen molar-refractivity contribution in [3.63, 3.8) is 0 Å². The first kappa shape index (κ1) is 14.3. The van der Waals surface area contributed by atoms with Crippen LogP contribution in [0.2, 0.25) is 0 Å². The largest absolute Gasteiger partial charge is 0.338 e. The van der Waals surface area contributed by atoms with Crippen LogP contribution in [0.1, 0.15) is 25.0 Å². The Balaban J connectivity index is 2.27. The molecule has 1 aliphatic rings. The zero-order chi connectivity index (χ0) is 14.2. The highest BCUT2D eigenvalue weighted by molar-refractivity contribution is 9.10. The molecule has 0 aromatic heterocycles. The van der Waals surface area contributed by atoms with E-state index in [0.29, 0.717) is 5.92 Å². The van der Waals surface area contributed by atoms with Gasteiger partial charge < -0.3 is 4.90 Å². The van der Waals surface area contributed by atoms with Crippen molar-refractivity contribution >= 4 is 21.8 Å². The molecule has 1 amide bonds. The summed E-state index contributed by atoms with van der Waals surface area (Å²) in [5, 5.41) is 0. The number of benzene rings is 1. The standard InChI is InChI=1S/C16H20BrNO/c1-10-5-6-13(14(17)7-10)9-15-12(3)11(2)8-16(19)18(15)4/h5-8,12,15H,9H2,1-4H3. The molecule has 102 valence electrons. The number of halogens is 1. The number of likely N-dealkylation sites (N-methyl/N-ethyl adjacent to an activating group) is 1. The number of nitrogens with zero attached hydrogens (tertiary/aromatic N) is 1. The maximum Gasteiger partial charge on any atom is 0.246 e. The molecule has 19 heavy (non-hydrogen) atoms. The molecular formula is C16H20BrNO. The lowest BCUT2D eigenvalue weighted by molar-refractivity contribution is -0.128. The number of carbonyl (C=O) groups is 1. The van der Waals surface area contributed by atoms with E-state index >= 15 is 0 Å². The molecule has 0 N–H and O–H groups in total. The van der Waals surface area contributed by atoms with Gasteiger partial charge in [-0.3, -0.25) is 4.79 Å². The highest BCUT2D eigenvalue weighted by Gasteiger charge is 2.30. The maximum absolute atomic E-state index is 11.9. The molecule has 1 aromatic rings. The first-order valence-electron chi connectivity index (χ1n) is 6.60. The third-order valence-corrected chi connectivity index (χ3v) is 4.87. The van der Waals surface area contributed by atoms with Gasteiger partial charge in [0.05, 0.1) is 0 Å². The third kappa shape index (κ3) is 2.92. The summed E-state index contributed by atoms with van der Waals surface area (Å²) in [4.78, 5) is 13.8. The van der Waals surface area contributed by atoms with E-state index in [4.69, 9.17) is 0 Å². The van der Waals surface area contributed by atoms with Crippen LogP contribution in [0, 0.1) is 12.8 Å². The number of carbonyl (C=O) groups excluding carboxylic acids is 1. The van der Waals surface area contributed by atoms with E-state index in [9.17, 15) is 4.79 Å². The van der Waals surface area contributed by atoms with Crippen molar-refractivity contribution in [1.29, 1.82) is 0 Å². The number of aryl methyl sites for hydroxylation is 1. The van der Waals surface area contributed by atoms with Crippen molar-refractivity contribution in [1.82, 2.24) is 4.90 Å². The van der Waals surface area contributed by atoms with E-state index in [2.05, 4.69) is 48.0 Å². The molecule has 2 rings (SSSR count). The van der Waals surface area contributed by atoms with Gasteiger partial charge in [0.1, 0.15) is 0 Å². The molecule has 0 saturated heterocycles. The molecule has 1 aliphatic heterocycles. The Hall–Kier alpha value is -1.09. The van der Waals surface area contributed by atoms with Gasteiger partial charge in [-0.25, -0.2) is 0 Å². The maximum atomic E-state index is 11.9. The molecule has 0 fully saturated rings. The minimum absolute atomic E-state index is 0.115. The van der Waals surface area contributed by atoms with Crippen molar-refractivity contribution in [2.24, 2.45) is 5.92 Å². The van der Waals surface area contributed by atoms with E-state index in [-0.39, 0.29) is 11.9 Å². The fraction of sp³-hybridized carbons (Fsp3) is 0.438.